The Balaban J connectivity index is 2.87. The van der Waals surface area contributed by atoms with Crippen molar-refractivity contribution in [2.75, 3.05) is 6.54 Å². The zero-order valence-corrected chi connectivity index (χ0v) is 9.53. The summed E-state index contributed by atoms with van der Waals surface area (Å²) < 4.78 is 5.74. The fourth-order valence-corrected chi connectivity index (χ4v) is 1.16. The standard InChI is InChI=1S/C12H19NO2/c1-11(2,14)12(3,9-13)15-10-7-5-4-6-8-10/h4-8,14H,9,13H2,1-3H3. The number of aliphatic hydroxyl groups is 1. The van der Waals surface area contributed by atoms with Crippen LogP contribution in [0.2, 0.25) is 0 Å². The van der Waals surface area contributed by atoms with Crippen molar-refractivity contribution in [2.45, 2.75) is 32.0 Å². The first-order valence-corrected chi connectivity index (χ1v) is 5.05. The Morgan fingerprint density at radius 3 is 2.13 bits per heavy atom. The summed E-state index contributed by atoms with van der Waals surface area (Å²) in [6.45, 7) is 5.46. The van der Waals surface area contributed by atoms with Crippen LogP contribution in [0.5, 0.6) is 5.75 Å². The lowest BCUT2D eigenvalue weighted by molar-refractivity contribution is -0.0960. The molecule has 0 bridgehead atoms. The number of hydrogen-bond donors (Lipinski definition) is 2. The van der Waals surface area contributed by atoms with Crippen LogP contribution in [0.15, 0.2) is 30.3 Å². The highest BCUT2D eigenvalue weighted by atomic mass is 16.5. The van der Waals surface area contributed by atoms with Crippen molar-refractivity contribution in [1.29, 1.82) is 0 Å². The van der Waals surface area contributed by atoms with Gasteiger partial charge in [-0.1, -0.05) is 18.2 Å². The average Bonchev–Trinajstić information content (AvgIpc) is 2.17. The highest BCUT2D eigenvalue weighted by Crippen LogP contribution is 2.27. The van der Waals surface area contributed by atoms with Crippen molar-refractivity contribution in [3.05, 3.63) is 30.3 Å². The molecule has 0 spiro atoms. The maximum absolute atomic E-state index is 9.99. The van der Waals surface area contributed by atoms with E-state index >= 15 is 0 Å². The van der Waals surface area contributed by atoms with Crippen LogP contribution >= 0.6 is 0 Å². The average molecular weight is 209 g/mol. The normalized spacial score (nSPS) is 15.8. The van der Waals surface area contributed by atoms with E-state index in [1.165, 1.54) is 0 Å². The number of nitrogens with two attached hydrogens (primary N) is 1. The second-order valence-corrected chi connectivity index (χ2v) is 4.41. The highest BCUT2D eigenvalue weighted by Gasteiger charge is 2.40. The summed E-state index contributed by atoms with van der Waals surface area (Å²) in [7, 11) is 0. The summed E-state index contributed by atoms with van der Waals surface area (Å²) >= 11 is 0. The van der Waals surface area contributed by atoms with Crippen molar-refractivity contribution in [2.24, 2.45) is 5.73 Å². The van der Waals surface area contributed by atoms with Crippen molar-refractivity contribution in [1.82, 2.24) is 0 Å². The quantitative estimate of drug-likeness (QED) is 0.791. The second kappa shape index (κ2) is 4.21. The molecule has 1 rings (SSSR count). The molecule has 0 aliphatic rings. The van der Waals surface area contributed by atoms with Gasteiger partial charge in [-0.15, -0.1) is 0 Å². The number of benzene rings is 1. The van der Waals surface area contributed by atoms with Gasteiger partial charge in [-0.2, -0.15) is 0 Å². The molecule has 0 saturated heterocycles. The zero-order valence-electron chi connectivity index (χ0n) is 9.53. The van der Waals surface area contributed by atoms with Gasteiger partial charge in [0, 0.05) is 6.54 Å². The number of hydrogen-bond acceptors (Lipinski definition) is 3. The summed E-state index contributed by atoms with van der Waals surface area (Å²) in [5, 5.41) is 9.99. The van der Waals surface area contributed by atoms with Crippen LogP contribution in [0.1, 0.15) is 20.8 Å². The van der Waals surface area contributed by atoms with E-state index in [1.807, 2.05) is 30.3 Å². The monoisotopic (exact) mass is 209 g/mol. The molecular weight excluding hydrogens is 190 g/mol. The van der Waals surface area contributed by atoms with Gasteiger partial charge < -0.3 is 15.6 Å². The minimum atomic E-state index is -0.989. The van der Waals surface area contributed by atoms with E-state index in [0.717, 1.165) is 0 Å². The third kappa shape index (κ3) is 2.70. The van der Waals surface area contributed by atoms with Crippen molar-refractivity contribution < 1.29 is 9.84 Å². The number of para-hydroxylation sites is 1. The largest absolute Gasteiger partial charge is 0.483 e. The van der Waals surface area contributed by atoms with Crippen LogP contribution in [-0.4, -0.2) is 22.9 Å². The molecule has 3 nitrogen and oxygen atoms in total. The van der Waals surface area contributed by atoms with E-state index in [1.54, 1.807) is 20.8 Å². The Morgan fingerprint density at radius 2 is 1.73 bits per heavy atom. The van der Waals surface area contributed by atoms with Gasteiger partial charge in [0.15, 0.2) is 0 Å². The van der Waals surface area contributed by atoms with Crippen LogP contribution in [0.3, 0.4) is 0 Å². The number of rotatable bonds is 4. The molecule has 1 unspecified atom stereocenters. The van der Waals surface area contributed by atoms with Crippen LogP contribution in [-0.2, 0) is 0 Å². The molecule has 3 N–H and O–H groups in total. The van der Waals surface area contributed by atoms with Gasteiger partial charge in [-0.3, -0.25) is 0 Å². The van der Waals surface area contributed by atoms with Gasteiger partial charge in [-0.05, 0) is 32.9 Å². The van der Waals surface area contributed by atoms with Crippen molar-refractivity contribution in [3.63, 3.8) is 0 Å². The van der Waals surface area contributed by atoms with Gasteiger partial charge in [0.1, 0.15) is 11.4 Å². The Kier molecular flexibility index (Phi) is 3.37. The Bertz CT molecular complexity index is 305. The molecule has 0 radical (unpaired) electrons. The van der Waals surface area contributed by atoms with Crippen LogP contribution in [0.4, 0.5) is 0 Å². The van der Waals surface area contributed by atoms with Crippen LogP contribution < -0.4 is 10.5 Å². The lowest BCUT2D eigenvalue weighted by Gasteiger charge is -2.39. The maximum Gasteiger partial charge on any atom is 0.146 e. The molecule has 0 aromatic heterocycles. The van der Waals surface area contributed by atoms with Gasteiger partial charge >= 0.3 is 0 Å². The molecule has 1 aromatic carbocycles. The molecule has 0 aliphatic heterocycles. The molecule has 0 heterocycles. The predicted molar refractivity (Wildman–Crippen MR) is 60.8 cm³/mol. The Morgan fingerprint density at radius 1 is 1.20 bits per heavy atom. The van der Waals surface area contributed by atoms with E-state index in [2.05, 4.69) is 0 Å². The summed E-state index contributed by atoms with van der Waals surface area (Å²) in [4.78, 5) is 0. The number of ether oxygens (including phenoxy) is 1. The van der Waals surface area contributed by atoms with Gasteiger partial charge in [0.05, 0.1) is 5.60 Å². The molecule has 1 atom stereocenters. The first kappa shape index (κ1) is 12.0. The maximum atomic E-state index is 9.99. The van der Waals surface area contributed by atoms with E-state index in [4.69, 9.17) is 10.5 Å². The molecule has 1 aromatic rings. The summed E-state index contributed by atoms with van der Waals surface area (Å²) in [5.41, 5.74) is 3.88. The smallest absolute Gasteiger partial charge is 0.146 e. The van der Waals surface area contributed by atoms with Crippen molar-refractivity contribution >= 4 is 0 Å². The van der Waals surface area contributed by atoms with Gasteiger partial charge in [-0.25, -0.2) is 0 Å². The SMILES string of the molecule is CC(C)(O)C(C)(CN)Oc1ccccc1. The molecule has 0 saturated carbocycles. The molecule has 3 heteroatoms. The predicted octanol–water partition coefficient (Wildman–Crippen LogP) is 1.55. The highest BCUT2D eigenvalue weighted by molar-refractivity contribution is 5.22. The van der Waals surface area contributed by atoms with Crippen LogP contribution in [0, 0.1) is 0 Å². The van der Waals surface area contributed by atoms with Crippen molar-refractivity contribution in [3.8, 4) is 5.75 Å². The van der Waals surface area contributed by atoms with E-state index in [0.29, 0.717) is 5.75 Å². The second-order valence-electron chi connectivity index (χ2n) is 4.41. The topological polar surface area (TPSA) is 55.5 Å². The first-order valence-electron chi connectivity index (χ1n) is 5.05. The van der Waals surface area contributed by atoms with Gasteiger partial charge in [0.25, 0.3) is 0 Å². The Hall–Kier alpha value is -1.06. The lowest BCUT2D eigenvalue weighted by atomic mass is 9.87. The van der Waals surface area contributed by atoms with Gasteiger partial charge in [0.2, 0.25) is 0 Å². The Labute approximate surface area is 90.9 Å². The minimum Gasteiger partial charge on any atom is -0.483 e. The lowest BCUT2D eigenvalue weighted by Crippen LogP contribution is -2.57. The summed E-state index contributed by atoms with van der Waals surface area (Å²) in [6, 6.07) is 9.38. The minimum absolute atomic E-state index is 0.255. The molecule has 15 heavy (non-hydrogen) atoms. The third-order valence-electron chi connectivity index (χ3n) is 2.77. The fraction of sp³-hybridized carbons (Fsp3) is 0.500. The van der Waals surface area contributed by atoms with E-state index in [9.17, 15) is 5.11 Å². The zero-order chi connectivity index (χ0) is 11.5. The van der Waals surface area contributed by atoms with E-state index < -0.39 is 11.2 Å². The fourth-order valence-electron chi connectivity index (χ4n) is 1.16. The first-order chi connectivity index (χ1) is 6.89. The summed E-state index contributed by atoms with van der Waals surface area (Å²) in [5.74, 6) is 0.715. The summed E-state index contributed by atoms with van der Waals surface area (Å²) in [6.07, 6.45) is 0. The molecular formula is C12H19NO2. The molecule has 0 aliphatic carbocycles. The van der Waals surface area contributed by atoms with E-state index in [-0.39, 0.29) is 6.54 Å². The van der Waals surface area contributed by atoms with Crippen LogP contribution in [0.25, 0.3) is 0 Å². The molecule has 0 amide bonds. The third-order valence-corrected chi connectivity index (χ3v) is 2.77. The molecule has 84 valence electrons. The molecule has 0 fully saturated rings.